The van der Waals surface area contributed by atoms with Gasteiger partial charge >= 0.3 is 0 Å². The summed E-state index contributed by atoms with van der Waals surface area (Å²) < 4.78 is 31.9. The Morgan fingerprint density at radius 1 is 1.33 bits per heavy atom. The monoisotopic (exact) mass is 375 g/mol. The SMILES string of the molecule is COCCCNS(=O)(=O)c1c(Cl)cc(Br)cc1Cl. The Hall–Kier alpha value is 0.150. The molecule has 4 nitrogen and oxygen atoms in total. The molecule has 1 aromatic carbocycles. The molecule has 0 heterocycles. The van der Waals surface area contributed by atoms with Crippen molar-refractivity contribution in [2.45, 2.75) is 11.3 Å². The molecule has 0 fully saturated rings. The quantitative estimate of drug-likeness (QED) is 0.776. The van der Waals surface area contributed by atoms with Crippen molar-refractivity contribution in [2.24, 2.45) is 0 Å². The summed E-state index contributed by atoms with van der Waals surface area (Å²) in [5.74, 6) is 0. The third-order valence-electron chi connectivity index (χ3n) is 2.05. The molecule has 0 aliphatic rings. The Balaban J connectivity index is 2.92. The highest BCUT2D eigenvalue weighted by Gasteiger charge is 2.21. The van der Waals surface area contributed by atoms with Crippen molar-refractivity contribution in [1.29, 1.82) is 0 Å². The molecule has 1 N–H and O–H groups in total. The number of halogens is 3. The molecule has 0 unspecified atom stereocenters. The van der Waals surface area contributed by atoms with Crippen LogP contribution in [-0.2, 0) is 14.8 Å². The van der Waals surface area contributed by atoms with Crippen molar-refractivity contribution in [1.82, 2.24) is 4.72 Å². The van der Waals surface area contributed by atoms with Crippen LogP contribution in [0.4, 0.5) is 0 Å². The average Bonchev–Trinajstić information content (AvgIpc) is 2.22. The van der Waals surface area contributed by atoms with Crippen LogP contribution in [0.3, 0.4) is 0 Å². The average molecular weight is 377 g/mol. The first-order chi connectivity index (χ1) is 8.38. The largest absolute Gasteiger partial charge is 0.385 e. The zero-order valence-corrected chi connectivity index (χ0v) is 13.5. The van der Waals surface area contributed by atoms with Gasteiger partial charge in [0, 0.05) is 24.7 Å². The molecule has 0 aliphatic carbocycles. The number of rotatable bonds is 6. The van der Waals surface area contributed by atoms with Gasteiger partial charge in [-0.25, -0.2) is 13.1 Å². The summed E-state index contributed by atoms with van der Waals surface area (Å²) >= 11 is 15.0. The summed E-state index contributed by atoms with van der Waals surface area (Å²) in [6, 6.07) is 2.97. The molecule has 1 aromatic rings. The molecule has 0 aromatic heterocycles. The van der Waals surface area contributed by atoms with Crippen LogP contribution in [0.5, 0.6) is 0 Å². The number of methoxy groups -OCH3 is 1. The van der Waals surface area contributed by atoms with Gasteiger partial charge in [-0.1, -0.05) is 39.1 Å². The Morgan fingerprint density at radius 2 is 1.89 bits per heavy atom. The van der Waals surface area contributed by atoms with Crippen LogP contribution in [0.2, 0.25) is 10.0 Å². The van der Waals surface area contributed by atoms with Crippen molar-refractivity contribution in [3.05, 3.63) is 26.7 Å². The van der Waals surface area contributed by atoms with Crippen LogP contribution < -0.4 is 4.72 Å². The Kier molecular flexibility index (Phi) is 6.37. The summed E-state index contributed by atoms with van der Waals surface area (Å²) in [7, 11) is -2.16. The maximum atomic E-state index is 12.0. The summed E-state index contributed by atoms with van der Waals surface area (Å²) in [5.41, 5.74) is 0. The molecule has 18 heavy (non-hydrogen) atoms. The Morgan fingerprint density at radius 3 is 2.39 bits per heavy atom. The second-order valence-electron chi connectivity index (χ2n) is 3.44. The van der Waals surface area contributed by atoms with Crippen molar-refractivity contribution in [3.63, 3.8) is 0 Å². The fraction of sp³-hybridized carbons (Fsp3) is 0.400. The second kappa shape index (κ2) is 7.07. The predicted molar refractivity (Wildman–Crippen MR) is 75.8 cm³/mol. The minimum absolute atomic E-state index is 0.0774. The molecule has 0 atom stereocenters. The maximum absolute atomic E-state index is 12.0. The van der Waals surface area contributed by atoms with Crippen LogP contribution in [0.15, 0.2) is 21.5 Å². The van der Waals surface area contributed by atoms with Crippen LogP contribution in [0.25, 0.3) is 0 Å². The lowest BCUT2D eigenvalue weighted by molar-refractivity contribution is 0.196. The van der Waals surface area contributed by atoms with Gasteiger partial charge in [-0.05, 0) is 18.6 Å². The minimum atomic E-state index is -3.71. The third-order valence-corrected chi connectivity index (χ3v) is 4.89. The van der Waals surface area contributed by atoms with Crippen LogP contribution >= 0.6 is 39.1 Å². The lowest BCUT2D eigenvalue weighted by Gasteiger charge is -2.10. The van der Waals surface area contributed by atoms with E-state index in [1.165, 1.54) is 12.1 Å². The van der Waals surface area contributed by atoms with E-state index in [1.54, 1.807) is 7.11 Å². The zero-order chi connectivity index (χ0) is 13.8. The van der Waals surface area contributed by atoms with Crippen molar-refractivity contribution in [2.75, 3.05) is 20.3 Å². The van der Waals surface area contributed by atoms with Gasteiger partial charge in [0.1, 0.15) is 4.90 Å². The van der Waals surface area contributed by atoms with E-state index in [2.05, 4.69) is 20.7 Å². The number of nitrogens with one attached hydrogen (secondary N) is 1. The lowest BCUT2D eigenvalue weighted by atomic mass is 10.4. The molecule has 0 aliphatic heterocycles. The van der Waals surface area contributed by atoms with E-state index in [0.29, 0.717) is 17.5 Å². The summed E-state index contributed by atoms with van der Waals surface area (Å²) in [6.45, 7) is 0.739. The molecule has 102 valence electrons. The molecule has 0 saturated carbocycles. The number of hydrogen-bond donors (Lipinski definition) is 1. The molecule has 1 rings (SSSR count). The van der Waals surface area contributed by atoms with Gasteiger partial charge in [0.2, 0.25) is 10.0 Å². The molecule has 0 radical (unpaired) electrons. The van der Waals surface area contributed by atoms with Gasteiger partial charge in [0.25, 0.3) is 0 Å². The molecular formula is C10H12BrCl2NO3S. The molecule has 0 saturated heterocycles. The Bertz CT molecular complexity index is 499. The number of benzene rings is 1. The molecule has 0 bridgehead atoms. The van der Waals surface area contributed by atoms with Crippen molar-refractivity contribution < 1.29 is 13.2 Å². The Labute approximate surface area is 125 Å². The van der Waals surface area contributed by atoms with Crippen LogP contribution in [0, 0.1) is 0 Å². The maximum Gasteiger partial charge on any atom is 0.243 e. The normalized spacial score (nSPS) is 11.8. The first-order valence-electron chi connectivity index (χ1n) is 5.01. The topological polar surface area (TPSA) is 55.4 Å². The van der Waals surface area contributed by atoms with Gasteiger partial charge in [0.05, 0.1) is 10.0 Å². The number of sulfonamides is 1. The van der Waals surface area contributed by atoms with Crippen LogP contribution in [-0.4, -0.2) is 28.7 Å². The van der Waals surface area contributed by atoms with Crippen LogP contribution in [0.1, 0.15) is 6.42 Å². The minimum Gasteiger partial charge on any atom is -0.385 e. The van der Waals surface area contributed by atoms with Gasteiger partial charge in [0.15, 0.2) is 0 Å². The van der Waals surface area contributed by atoms with Crippen molar-refractivity contribution in [3.8, 4) is 0 Å². The summed E-state index contributed by atoms with van der Waals surface area (Å²) in [6.07, 6.45) is 0.571. The standard InChI is InChI=1S/C10H12BrCl2NO3S/c1-17-4-2-3-14-18(15,16)10-8(12)5-7(11)6-9(10)13/h5-6,14H,2-4H2,1H3. The van der Waals surface area contributed by atoms with Gasteiger partial charge in [-0.3, -0.25) is 0 Å². The number of hydrogen-bond acceptors (Lipinski definition) is 3. The first kappa shape index (κ1) is 16.2. The first-order valence-corrected chi connectivity index (χ1v) is 8.05. The molecular weight excluding hydrogens is 365 g/mol. The van der Waals surface area contributed by atoms with Gasteiger partial charge in [-0.2, -0.15) is 0 Å². The fourth-order valence-electron chi connectivity index (χ4n) is 1.28. The van der Waals surface area contributed by atoms with Crippen molar-refractivity contribution >= 4 is 49.2 Å². The molecule has 8 heteroatoms. The highest BCUT2D eigenvalue weighted by Crippen LogP contribution is 2.32. The highest BCUT2D eigenvalue weighted by molar-refractivity contribution is 9.10. The van der Waals surface area contributed by atoms with Gasteiger partial charge in [-0.15, -0.1) is 0 Å². The zero-order valence-electron chi connectivity index (χ0n) is 9.54. The van der Waals surface area contributed by atoms with E-state index in [-0.39, 0.29) is 21.5 Å². The fourth-order valence-corrected chi connectivity index (χ4v) is 4.29. The summed E-state index contributed by atoms with van der Waals surface area (Å²) in [5, 5.41) is 0.155. The third kappa shape index (κ3) is 4.36. The highest BCUT2D eigenvalue weighted by atomic mass is 79.9. The molecule has 0 spiro atoms. The van der Waals surface area contributed by atoms with E-state index in [9.17, 15) is 8.42 Å². The summed E-state index contributed by atoms with van der Waals surface area (Å²) in [4.78, 5) is -0.105. The van der Waals surface area contributed by atoms with E-state index < -0.39 is 10.0 Å². The van der Waals surface area contributed by atoms with E-state index in [1.807, 2.05) is 0 Å². The predicted octanol–water partition coefficient (Wildman–Crippen LogP) is 3.07. The lowest BCUT2D eigenvalue weighted by Crippen LogP contribution is -2.26. The van der Waals surface area contributed by atoms with E-state index >= 15 is 0 Å². The molecule has 0 amide bonds. The van der Waals surface area contributed by atoms with E-state index in [4.69, 9.17) is 27.9 Å². The van der Waals surface area contributed by atoms with Gasteiger partial charge < -0.3 is 4.74 Å². The van der Waals surface area contributed by atoms with E-state index in [0.717, 1.165) is 0 Å². The number of ether oxygens (including phenoxy) is 1. The second-order valence-corrected chi connectivity index (χ2v) is 6.88. The smallest absolute Gasteiger partial charge is 0.243 e.